The van der Waals surface area contributed by atoms with Crippen molar-refractivity contribution in [2.75, 3.05) is 14.2 Å². The van der Waals surface area contributed by atoms with Gasteiger partial charge in [-0.2, -0.15) is 0 Å². The van der Waals surface area contributed by atoms with E-state index < -0.39 is 0 Å². The van der Waals surface area contributed by atoms with E-state index in [0.29, 0.717) is 23.4 Å². The highest BCUT2D eigenvalue weighted by atomic mass is 32.1. The van der Waals surface area contributed by atoms with Crippen LogP contribution in [0.2, 0.25) is 0 Å². The summed E-state index contributed by atoms with van der Waals surface area (Å²) >= 11 is 1.47. The lowest BCUT2D eigenvalue weighted by molar-refractivity contribution is 0.355. The molecule has 31 heavy (non-hydrogen) atoms. The zero-order valence-electron chi connectivity index (χ0n) is 18.4. The molecule has 0 spiro atoms. The van der Waals surface area contributed by atoms with Crippen molar-refractivity contribution in [2.45, 2.75) is 32.7 Å². The molecule has 0 radical (unpaired) electrons. The van der Waals surface area contributed by atoms with Crippen molar-refractivity contribution < 1.29 is 9.47 Å². The van der Waals surface area contributed by atoms with Crippen LogP contribution in [0, 0.1) is 0 Å². The zero-order valence-corrected chi connectivity index (χ0v) is 19.2. The number of benzene rings is 2. The van der Waals surface area contributed by atoms with E-state index in [1.807, 2.05) is 23.6 Å². The average Bonchev–Trinajstić information content (AvgIpc) is 3.20. The number of hydrogen-bond acceptors (Lipinski definition) is 5. The number of fused-ring (bicyclic) bond motifs is 1. The predicted octanol–water partition coefficient (Wildman–Crippen LogP) is 5.49. The molecule has 0 unspecified atom stereocenters. The number of hydrogen-bond donors (Lipinski definition) is 0. The number of ether oxygens (including phenoxy) is 2. The van der Waals surface area contributed by atoms with Crippen molar-refractivity contribution in [3.05, 3.63) is 75.7 Å². The maximum atomic E-state index is 13.4. The molecule has 0 bridgehead atoms. The third-order valence-electron chi connectivity index (χ3n) is 5.43. The Hall–Kier alpha value is -3.12. The van der Waals surface area contributed by atoms with E-state index >= 15 is 0 Å². The van der Waals surface area contributed by atoms with Gasteiger partial charge in [-0.25, -0.2) is 4.98 Å². The molecule has 0 atom stereocenters. The summed E-state index contributed by atoms with van der Waals surface area (Å²) in [6, 6.07) is 14.1. The van der Waals surface area contributed by atoms with E-state index in [4.69, 9.17) is 9.47 Å². The average molecular weight is 435 g/mol. The van der Waals surface area contributed by atoms with Gasteiger partial charge in [0.15, 0.2) is 11.5 Å². The summed E-state index contributed by atoms with van der Waals surface area (Å²) in [6.07, 6.45) is 1.64. The Kier molecular flexibility index (Phi) is 5.58. The Morgan fingerprint density at radius 3 is 2.35 bits per heavy atom. The first-order valence-corrected chi connectivity index (χ1v) is 11.0. The first-order chi connectivity index (χ1) is 14.8. The van der Waals surface area contributed by atoms with Gasteiger partial charge in [-0.15, -0.1) is 11.3 Å². The SMILES string of the molecule is COc1ccc(-c2csc3ncn(Cc4ccc(C(C)(C)C)cc4)c(=O)c23)cc1OC. The smallest absolute Gasteiger partial charge is 0.263 e. The second-order valence-corrected chi connectivity index (χ2v) is 9.38. The number of rotatable bonds is 5. The van der Waals surface area contributed by atoms with Gasteiger partial charge in [-0.05, 0) is 34.2 Å². The van der Waals surface area contributed by atoms with Gasteiger partial charge in [0, 0.05) is 10.9 Å². The van der Waals surface area contributed by atoms with Crippen molar-refractivity contribution in [3.8, 4) is 22.6 Å². The van der Waals surface area contributed by atoms with E-state index in [9.17, 15) is 4.79 Å². The minimum atomic E-state index is -0.0454. The highest BCUT2D eigenvalue weighted by Gasteiger charge is 2.16. The highest BCUT2D eigenvalue weighted by Crippen LogP contribution is 2.36. The minimum Gasteiger partial charge on any atom is -0.493 e. The molecule has 0 saturated carbocycles. The predicted molar refractivity (Wildman–Crippen MR) is 127 cm³/mol. The maximum Gasteiger partial charge on any atom is 0.263 e. The van der Waals surface area contributed by atoms with E-state index in [0.717, 1.165) is 21.5 Å². The van der Waals surface area contributed by atoms with Crippen molar-refractivity contribution in [3.63, 3.8) is 0 Å². The van der Waals surface area contributed by atoms with E-state index in [1.165, 1.54) is 16.9 Å². The second kappa shape index (κ2) is 8.19. The van der Waals surface area contributed by atoms with Crippen LogP contribution in [0.1, 0.15) is 31.9 Å². The molecule has 0 amide bonds. The van der Waals surface area contributed by atoms with Gasteiger partial charge in [0.05, 0.1) is 32.5 Å². The van der Waals surface area contributed by atoms with Crippen LogP contribution in [-0.2, 0) is 12.0 Å². The first-order valence-electron chi connectivity index (χ1n) is 10.1. The van der Waals surface area contributed by atoms with Crippen LogP contribution in [0.3, 0.4) is 0 Å². The fourth-order valence-corrected chi connectivity index (χ4v) is 4.51. The first kappa shape index (κ1) is 21.1. The standard InChI is InChI=1S/C25H26N2O3S/c1-25(2,3)18-9-6-16(7-10-18)13-27-15-26-23-22(24(27)28)19(14-31-23)17-8-11-20(29-4)21(12-17)30-5/h6-12,14-15H,13H2,1-5H3. The molecule has 0 aliphatic carbocycles. The summed E-state index contributed by atoms with van der Waals surface area (Å²) < 4.78 is 12.4. The van der Waals surface area contributed by atoms with E-state index in [2.05, 4.69) is 50.0 Å². The second-order valence-electron chi connectivity index (χ2n) is 8.52. The van der Waals surface area contributed by atoms with E-state index in [1.54, 1.807) is 25.1 Å². The molecule has 5 nitrogen and oxygen atoms in total. The zero-order chi connectivity index (χ0) is 22.2. The number of methoxy groups -OCH3 is 2. The summed E-state index contributed by atoms with van der Waals surface area (Å²) in [7, 11) is 3.21. The molecule has 2 aromatic heterocycles. The molecule has 0 saturated heterocycles. The topological polar surface area (TPSA) is 53.4 Å². The van der Waals surface area contributed by atoms with Gasteiger partial charge < -0.3 is 9.47 Å². The van der Waals surface area contributed by atoms with Gasteiger partial charge in [-0.3, -0.25) is 9.36 Å². The van der Waals surface area contributed by atoms with Crippen LogP contribution in [-0.4, -0.2) is 23.8 Å². The lowest BCUT2D eigenvalue weighted by atomic mass is 9.87. The van der Waals surface area contributed by atoms with Crippen LogP contribution in [0.5, 0.6) is 11.5 Å². The lowest BCUT2D eigenvalue weighted by Crippen LogP contribution is -2.21. The van der Waals surface area contributed by atoms with E-state index in [-0.39, 0.29) is 11.0 Å². The summed E-state index contributed by atoms with van der Waals surface area (Å²) in [5, 5.41) is 2.61. The number of aromatic nitrogens is 2. The Morgan fingerprint density at radius 1 is 1.00 bits per heavy atom. The molecule has 6 heteroatoms. The molecule has 160 valence electrons. The van der Waals surface area contributed by atoms with Crippen molar-refractivity contribution in [1.29, 1.82) is 0 Å². The normalized spacial score (nSPS) is 11.6. The minimum absolute atomic E-state index is 0.0454. The van der Waals surface area contributed by atoms with Gasteiger partial charge >= 0.3 is 0 Å². The van der Waals surface area contributed by atoms with Crippen LogP contribution >= 0.6 is 11.3 Å². The van der Waals surface area contributed by atoms with Gasteiger partial charge in [0.1, 0.15) is 4.83 Å². The summed E-state index contributed by atoms with van der Waals surface area (Å²) in [4.78, 5) is 18.6. The molecule has 0 N–H and O–H groups in total. The Morgan fingerprint density at radius 2 is 1.71 bits per heavy atom. The molecule has 0 aliphatic rings. The van der Waals surface area contributed by atoms with Gasteiger partial charge in [-0.1, -0.05) is 51.1 Å². The largest absolute Gasteiger partial charge is 0.493 e. The number of nitrogens with zero attached hydrogens (tertiary/aromatic N) is 2. The third kappa shape index (κ3) is 4.08. The van der Waals surface area contributed by atoms with Crippen LogP contribution in [0.15, 0.2) is 59.0 Å². The van der Waals surface area contributed by atoms with Crippen molar-refractivity contribution in [2.24, 2.45) is 0 Å². The molecule has 2 heterocycles. The maximum absolute atomic E-state index is 13.4. The van der Waals surface area contributed by atoms with Gasteiger partial charge in [0.25, 0.3) is 5.56 Å². The van der Waals surface area contributed by atoms with Crippen LogP contribution in [0.25, 0.3) is 21.3 Å². The lowest BCUT2D eigenvalue weighted by Gasteiger charge is -2.19. The molecule has 2 aromatic carbocycles. The fraction of sp³-hybridized carbons (Fsp3) is 0.280. The van der Waals surface area contributed by atoms with Gasteiger partial charge in [0.2, 0.25) is 0 Å². The van der Waals surface area contributed by atoms with Crippen LogP contribution in [0.4, 0.5) is 0 Å². The summed E-state index contributed by atoms with van der Waals surface area (Å²) in [5.74, 6) is 1.28. The van der Waals surface area contributed by atoms with Crippen molar-refractivity contribution >= 4 is 21.6 Å². The quantitative estimate of drug-likeness (QED) is 0.417. The van der Waals surface area contributed by atoms with Crippen LogP contribution < -0.4 is 15.0 Å². The molecular weight excluding hydrogens is 408 g/mol. The molecule has 4 aromatic rings. The molecule has 4 rings (SSSR count). The fourth-order valence-electron chi connectivity index (χ4n) is 3.60. The summed E-state index contributed by atoms with van der Waals surface area (Å²) in [6.45, 7) is 7.05. The Bertz CT molecular complexity index is 1280. The molecule has 0 aliphatic heterocycles. The monoisotopic (exact) mass is 434 g/mol. The molecular formula is C25H26N2O3S. The molecule has 0 fully saturated rings. The van der Waals surface area contributed by atoms with Crippen molar-refractivity contribution in [1.82, 2.24) is 9.55 Å². The summed E-state index contributed by atoms with van der Waals surface area (Å²) in [5.41, 5.74) is 4.15. The highest BCUT2D eigenvalue weighted by molar-refractivity contribution is 7.17. The Balaban J connectivity index is 1.74. The Labute approximate surface area is 185 Å². The number of thiophene rings is 1. The third-order valence-corrected chi connectivity index (χ3v) is 6.31.